The highest BCUT2D eigenvalue weighted by Gasteiger charge is 2.20. The van der Waals surface area contributed by atoms with E-state index in [1.807, 2.05) is 28.1 Å². The summed E-state index contributed by atoms with van der Waals surface area (Å²) in [7, 11) is 1.84. The molecule has 2 heterocycles. The summed E-state index contributed by atoms with van der Waals surface area (Å²) in [5.41, 5.74) is 3.88. The number of hydrogen-bond acceptors (Lipinski definition) is 2. The summed E-state index contributed by atoms with van der Waals surface area (Å²) in [5.74, 6) is -0.0999. The van der Waals surface area contributed by atoms with Crippen LogP contribution in [0.5, 0.6) is 0 Å². The van der Waals surface area contributed by atoms with Crippen LogP contribution in [0.4, 0.5) is 0 Å². The van der Waals surface area contributed by atoms with Crippen LogP contribution in [0.3, 0.4) is 0 Å². The Morgan fingerprint density at radius 1 is 1.45 bits per heavy atom. The smallest absolute Gasteiger partial charge is 0.309 e. The minimum Gasteiger partial charge on any atom is -0.481 e. The number of para-hydroxylation sites is 1. The molecule has 3 aromatic rings. The van der Waals surface area contributed by atoms with Gasteiger partial charge in [0.2, 0.25) is 5.78 Å². The van der Waals surface area contributed by atoms with Crippen LogP contribution >= 0.6 is 15.9 Å². The first-order valence-corrected chi connectivity index (χ1v) is 7.18. The maximum atomic E-state index is 11.0. The molecule has 0 aliphatic rings. The second-order valence-electron chi connectivity index (χ2n) is 4.75. The average molecular weight is 336 g/mol. The van der Waals surface area contributed by atoms with E-state index in [9.17, 15) is 4.79 Å². The molecule has 20 heavy (non-hydrogen) atoms. The second kappa shape index (κ2) is 4.63. The fourth-order valence-corrected chi connectivity index (χ4v) is 3.33. The molecule has 1 aromatic carbocycles. The number of carboxylic acids is 1. The second-order valence-corrected chi connectivity index (χ2v) is 5.50. The Hall–Kier alpha value is -1.82. The summed E-state index contributed by atoms with van der Waals surface area (Å²) in [4.78, 5) is 15.6. The van der Waals surface area contributed by atoms with E-state index >= 15 is 0 Å². The molecule has 2 aromatic heterocycles. The van der Waals surface area contributed by atoms with Gasteiger partial charge in [-0.1, -0.05) is 19.1 Å². The lowest BCUT2D eigenvalue weighted by Crippen LogP contribution is -2.06. The van der Waals surface area contributed by atoms with Gasteiger partial charge in [0.25, 0.3) is 0 Å². The number of imidazole rings is 2. The number of aromatic nitrogens is 3. The molecule has 0 radical (unpaired) electrons. The molecule has 6 heteroatoms. The largest absolute Gasteiger partial charge is 0.481 e. The standard InChI is InChI=1S/C14H14BrN3O2/c1-3-8-5-4-6-9-12(8)16-14-17(2)10(7-11(19)20)13(15)18(9)14/h4-6H,3,7H2,1-2H3,(H,19,20). The molecule has 0 aliphatic heterocycles. The van der Waals surface area contributed by atoms with Crippen LogP contribution in [0.25, 0.3) is 16.8 Å². The van der Waals surface area contributed by atoms with Gasteiger partial charge in [0.15, 0.2) is 0 Å². The van der Waals surface area contributed by atoms with Crippen LogP contribution in [0.15, 0.2) is 22.8 Å². The van der Waals surface area contributed by atoms with Crippen molar-refractivity contribution in [2.45, 2.75) is 19.8 Å². The number of carbonyl (C=O) groups is 1. The summed E-state index contributed by atoms with van der Waals surface area (Å²) < 4.78 is 4.55. The maximum absolute atomic E-state index is 11.0. The molecular formula is C14H14BrN3O2. The Morgan fingerprint density at radius 2 is 2.20 bits per heavy atom. The van der Waals surface area contributed by atoms with Crippen LogP contribution in [-0.4, -0.2) is 25.0 Å². The fourth-order valence-electron chi connectivity index (χ4n) is 2.57. The first kappa shape index (κ1) is 13.2. The van der Waals surface area contributed by atoms with Crippen molar-refractivity contribution in [2.75, 3.05) is 0 Å². The average Bonchev–Trinajstić information content (AvgIpc) is 2.90. The van der Waals surface area contributed by atoms with Gasteiger partial charge in [-0.2, -0.15) is 0 Å². The van der Waals surface area contributed by atoms with Gasteiger partial charge in [0.05, 0.1) is 23.1 Å². The number of rotatable bonds is 3. The van der Waals surface area contributed by atoms with Crippen LogP contribution in [0.1, 0.15) is 18.2 Å². The van der Waals surface area contributed by atoms with Gasteiger partial charge in [0, 0.05) is 7.05 Å². The zero-order valence-corrected chi connectivity index (χ0v) is 12.8. The molecular weight excluding hydrogens is 322 g/mol. The lowest BCUT2D eigenvalue weighted by atomic mass is 10.1. The summed E-state index contributed by atoms with van der Waals surface area (Å²) in [6.45, 7) is 2.10. The van der Waals surface area contributed by atoms with E-state index in [-0.39, 0.29) is 6.42 Å². The number of aryl methyl sites for hydroxylation is 2. The highest BCUT2D eigenvalue weighted by atomic mass is 79.9. The zero-order chi connectivity index (χ0) is 14.4. The third-order valence-electron chi connectivity index (χ3n) is 3.59. The van der Waals surface area contributed by atoms with Crippen molar-refractivity contribution in [2.24, 2.45) is 7.05 Å². The van der Waals surface area contributed by atoms with Crippen molar-refractivity contribution in [3.05, 3.63) is 34.1 Å². The highest BCUT2D eigenvalue weighted by molar-refractivity contribution is 9.10. The SMILES string of the molecule is CCc1cccc2c1nc1n(C)c(CC(=O)O)c(Br)n21. The topological polar surface area (TPSA) is 59.5 Å². The Morgan fingerprint density at radius 3 is 2.85 bits per heavy atom. The number of nitrogens with zero attached hydrogens (tertiary/aromatic N) is 3. The molecule has 0 spiro atoms. The van der Waals surface area contributed by atoms with Gasteiger partial charge in [-0.15, -0.1) is 0 Å². The Bertz CT molecular complexity index is 832. The predicted molar refractivity (Wildman–Crippen MR) is 80.1 cm³/mol. The van der Waals surface area contributed by atoms with E-state index in [2.05, 4.69) is 33.9 Å². The van der Waals surface area contributed by atoms with Crippen molar-refractivity contribution in [1.82, 2.24) is 14.0 Å². The summed E-state index contributed by atoms with van der Waals surface area (Å²) in [6, 6.07) is 6.08. The molecule has 0 aliphatic carbocycles. The Balaban J connectivity index is 2.38. The van der Waals surface area contributed by atoms with E-state index in [0.717, 1.165) is 27.8 Å². The molecule has 0 saturated carbocycles. The van der Waals surface area contributed by atoms with Gasteiger partial charge in [-0.05, 0) is 34.0 Å². The summed E-state index contributed by atoms with van der Waals surface area (Å²) in [5, 5.41) is 9.01. The minimum absolute atomic E-state index is 0.0323. The normalized spacial score (nSPS) is 11.6. The molecule has 0 bridgehead atoms. The number of halogens is 1. The lowest BCUT2D eigenvalue weighted by Gasteiger charge is -2.01. The Labute approximate surface area is 124 Å². The van der Waals surface area contributed by atoms with Crippen molar-refractivity contribution in [3.8, 4) is 0 Å². The molecule has 0 saturated heterocycles. The number of hydrogen-bond donors (Lipinski definition) is 1. The number of aliphatic carboxylic acids is 1. The Kier molecular flexibility index (Phi) is 3.05. The predicted octanol–water partition coefficient (Wildman–Crippen LogP) is 2.78. The molecule has 0 fully saturated rings. The molecule has 0 atom stereocenters. The quantitative estimate of drug-likeness (QED) is 0.800. The van der Waals surface area contributed by atoms with Crippen LogP contribution in [0.2, 0.25) is 0 Å². The van der Waals surface area contributed by atoms with E-state index in [0.29, 0.717) is 5.69 Å². The third kappa shape index (κ3) is 1.75. The van der Waals surface area contributed by atoms with Crippen molar-refractivity contribution < 1.29 is 9.90 Å². The van der Waals surface area contributed by atoms with E-state index in [1.54, 1.807) is 0 Å². The monoisotopic (exact) mass is 335 g/mol. The van der Waals surface area contributed by atoms with E-state index < -0.39 is 5.97 Å². The van der Waals surface area contributed by atoms with Crippen molar-refractivity contribution in [1.29, 1.82) is 0 Å². The molecule has 0 amide bonds. The molecule has 1 N–H and O–H groups in total. The van der Waals surface area contributed by atoms with Crippen molar-refractivity contribution in [3.63, 3.8) is 0 Å². The summed E-state index contributed by atoms with van der Waals surface area (Å²) >= 11 is 3.52. The molecule has 5 nitrogen and oxygen atoms in total. The van der Waals surface area contributed by atoms with Gasteiger partial charge in [0.1, 0.15) is 4.60 Å². The van der Waals surface area contributed by atoms with Crippen LogP contribution < -0.4 is 0 Å². The van der Waals surface area contributed by atoms with Gasteiger partial charge in [-0.25, -0.2) is 4.98 Å². The third-order valence-corrected chi connectivity index (χ3v) is 4.40. The zero-order valence-electron chi connectivity index (χ0n) is 11.2. The molecule has 0 unspecified atom stereocenters. The van der Waals surface area contributed by atoms with Crippen LogP contribution in [-0.2, 0) is 24.7 Å². The van der Waals surface area contributed by atoms with Gasteiger partial charge < -0.3 is 9.67 Å². The summed E-state index contributed by atoms with van der Waals surface area (Å²) in [6.07, 6.45) is 0.885. The van der Waals surface area contributed by atoms with Gasteiger partial charge >= 0.3 is 5.97 Å². The van der Waals surface area contributed by atoms with E-state index in [4.69, 9.17) is 5.11 Å². The maximum Gasteiger partial charge on any atom is 0.309 e. The lowest BCUT2D eigenvalue weighted by molar-refractivity contribution is -0.136. The minimum atomic E-state index is -0.854. The number of carboxylic acid groups (broad SMARTS) is 1. The van der Waals surface area contributed by atoms with Crippen LogP contribution in [0, 0.1) is 0 Å². The number of fused-ring (bicyclic) bond motifs is 3. The van der Waals surface area contributed by atoms with Crippen molar-refractivity contribution >= 4 is 38.7 Å². The highest BCUT2D eigenvalue weighted by Crippen LogP contribution is 2.29. The fraction of sp³-hybridized carbons (Fsp3) is 0.286. The number of benzene rings is 1. The molecule has 104 valence electrons. The molecule has 3 rings (SSSR count). The first-order chi connectivity index (χ1) is 9.54. The van der Waals surface area contributed by atoms with Gasteiger partial charge in [-0.3, -0.25) is 9.20 Å². The first-order valence-electron chi connectivity index (χ1n) is 6.39. The van der Waals surface area contributed by atoms with E-state index in [1.165, 1.54) is 5.56 Å².